The predicted octanol–water partition coefficient (Wildman–Crippen LogP) is 4.10. The van der Waals surface area contributed by atoms with Gasteiger partial charge in [0.1, 0.15) is 5.76 Å². The number of rotatable bonds is 7. The van der Waals surface area contributed by atoms with E-state index >= 15 is 0 Å². The smallest absolute Gasteiger partial charge is 0.277 e. The summed E-state index contributed by atoms with van der Waals surface area (Å²) in [6, 6.07) is 3.71. The van der Waals surface area contributed by atoms with Gasteiger partial charge in [0.05, 0.1) is 22.9 Å². The fourth-order valence-electron chi connectivity index (χ4n) is 3.07. The molecule has 0 unspecified atom stereocenters. The lowest BCUT2D eigenvalue weighted by Gasteiger charge is -2.04. The van der Waals surface area contributed by atoms with Crippen LogP contribution in [0.5, 0.6) is 0 Å². The van der Waals surface area contributed by atoms with Gasteiger partial charge < -0.3 is 8.94 Å². The Balaban J connectivity index is 1.43. The van der Waals surface area contributed by atoms with Crippen molar-refractivity contribution in [2.75, 3.05) is 5.75 Å². The molecule has 4 aromatic rings. The van der Waals surface area contributed by atoms with Gasteiger partial charge in [-0.2, -0.15) is 0 Å². The van der Waals surface area contributed by atoms with Crippen molar-refractivity contribution in [3.05, 3.63) is 56.8 Å². The second-order valence-electron chi connectivity index (χ2n) is 6.62. The molecule has 0 atom stereocenters. The predicted molar refractivity (Wildman–Crippen MR) is 109 cm³/mol. The summed E-state index contributed by atoms with van der Waals surface area (Å²) in [4.78, 5) is 17.2. The zero-order chi connectivity index (χ0) is 20.5. The maximum absolute atomic E-state index is 12.8. The van der Waals surface area contributed by atoms with Gasteiger partial charge in [-0.15, -0.1) is 21.5 Å². The molecule has 8 nitrogen and oxygen atoms in total. The second kappa shape index (κ2) is 7.96. The first-order valence-electron chi connectivity index (χ1n) is 8.92. The number of aromatic nitrogens is 5. The van der Waals surface area contributed by atoms with E-state index in [4.69, 9.17) is 8.94 Å². The van der Waals surface area contributed by atoms with E-state index in [1.807, 2.05) is 49.8 Å². The Labute approximate surface area is 175 Å². The summed E-state index contributed by atoms with van der Waals surface area (Å²) in [6.45, 7) is 7.62. The summed E-state index contributed by atoms with van der Waals surface area (Å²) in [5.41, 5.74) is 3.29. The zero-order valence-corrected chi connectivity index (χ0v) is 18.1. The fraction of sp³-hybridized carbons (Fsp3) is 0.316. The SMILES string of the molecule is Cc1cc(-n2c(C)cc(C(=O)CSc3nnc(Cc4csc(C)n4)o3)c2C)no1. The van der Waals surface area contributed by atoms with Crippen molar-refractivity contribution in [3.8, 4) is 5.82 Å². The minimum absolute atomic E-state index is 0.00978. The van der Waals surface area contributed by atoms with Gasteiger partial charge >= 0.3 is 0 Å². The van der Waals surface area contributed by atoms with Crippen molar-refractivity contribution in [3.63, 3.8) is 0 Å². The monoisotopic (exact) mass is 429 g/mol. The highest BCUT2D eigenvalue weighted by molar-refractivity contribution is 7.99. The van der Waals surface area contributed by atoms with Crippen LogP contribution in [0.15, 0.2) is 31.7 Å². The highest BCUT2D eigenvalue weighted by Crippen LogP contribution is 2.24. The summed E-state index contributed by atoms with van der Waals surface area (Å²) >= 11 is 2.82. The third-order valence-electron chi connectivity index (χ3n) is 4.35. The molecule has 4 heterocycles. The van der Waals surface area contributed by atoms with Gasteiger partial charge in [-0.05, 0) is 33.8 Å². The molecule has 0 N–H and O–H groups in total. The number of Topliss-reactive ketones (excluding diaryl/α,β-unsaturated/α-hetero) is 1. The second-order valence-corrected chi connectivity index (χ2v) is 8.61. The summed E-state index contributed by atoms with van der Waals surface area (Å²) in [5, 5.41) is 15.5. The average Bonchev–Trinajstić information content (AvgIpc) is 3.44. The first kappa shape index (κ1) is 19.6. The van der Waals surface area contributed by atoms with Crippen LogP contribution in [0.4, 0.5) is 0 Å². The van der Waals surface area contributed by atoms with E-state index in [-0.39, 0.29) is 11.5 Å². The molecule has 0 amide bonds. The first-order chi connectivity index (χ1) is 13.9. The molecule has 150 valence electrons. The number of ketones is 1. The normalized spacial score (nSPS) is 11.3. The molecule has 10 heteroatoms. The van der Waals surface area contributed by atoms with Gasteiger partial charge in [-0.3, -0.25) is 9.36 Å². The van der Waals surface area contributed by atoms with Crippen molar-refractivity contribution in [2.45, 2.75) is 39.3 Å². The summed E-state index contributed by atoms with van der Waals surface area (Å²) in [5.74, 6) is 2.08. The van der Waals surface area contributed by atoms with Crippen molar-refractivity contribution in [1.82, 2.24) is 24.9 Å². The van der Waals surface area contributed by atoms with Gasteiger partial charge in [0.25, 0.3) is 5.22 Å². The Morgan fingerprint density at radius 1 is 1.21 bits per heavy atom. The number of carbonyl (C=O) groups is 1. The molecule has 0 radical (unpaired) electrons. The van der Waals surface area contributed by atoms with Crippen LogP contribution in [-0.2, 0) is 6.42 Å². The standard InChI is InChI=1S/C19H19N5O3S2/c1-10-5-15(12(3)24(10)17-6-11(2)27-23-17)16(25)9-29-19-22-21-18(26-19)7-14-8-28-13(4)20-14/h5-6,8H,7,9H2,1-4H3. The molecular weight excluding hydrogens is 410 g/mol. The van der Waals surface area contributed by atoms with Crippen LogP contribution in [0.25, 0.3) is 5.82 Å². The Hall–Kier alpha value is -2.72. The number of carbonyl (C=O) groups excluding carboxylic acids is 1. The number of thioether (sulfide) groups is 1. The molecule has 29 heavy (non-hydrogen) atoms. The quantitative estimate of drug-likeness (QED) is 0.320. The highest BCUT2D eigenvalue weighted by atomic mass is 32.2. The Morgan fingerprint density at radius 2 is 2.03 bits per heavy atom. The van der Waals surface area contributed by atoms with Crippen LogP contribution in [0.2, 0.25) is 0 Å². The fourth-order valence-corrected chi connectivity index (χ4v) is 4.35. The highest BCUT2D eigenvalue weighted by Gasteiger charge is 2.19. The molecule has 0 saturated carbocycles. The molecule has 0 aliphatic heterocycles. The zero-order valence-electron chi connectivity index (χ0n) is 16.4. The largest absolute Gasteiger partial charge is 0.416 e. The van der Waals surface area contributed by atoms with Gasteiger partial charge in [-0.25, -0.2) is 4.98 Å². The molecule has 0 saturated heterocycles. The number of hydrogen-bond acceptors (Lipinski definition) is 9. The van der Waals surface area contributed by atoms with Gasteiger partial charge in [-0.1, -0.05) is 16.9 Å². The van der Waals surface area contributed by atoms with Gasteiger partial charge in [0.2, 0.25) is 5.89 Å². The molecule has 0 spiro atoms. The number of aryl methyl sites for hydroxylation is 3. The van der Waals surface area contributed by atoms with E-state index in [2.05, 4.69) is 20.3 Å². The Bertz CT molecular complexity index is 1170. The molecule has 0 aromatic carbocycles. The molecule has 4 rings (SSSR count). The van der Waals surface area contributed by atoms with E-state index in [1.54, 1.807) is 11.3 Å². The van der Waals surface area contributed by atoms with Crippen molar-refractivity contribution in [1.29, 1.82) is 0 Å². The lowest BCUT2D eigenvalue weighted by molar-refractivity contribution is 0.102. The number of hydrogen-bond donors (Lipinski definition) is 0. The third kappa shape index (κ3) is 4.18. The van der Waals surface area contributed by atoms with Crippen LogP contribution in [0.3, 0.4) is 0 Å². The van der Waals surface area contributed by atoms with Gasteiger partial charge in [0.15, 0.2) is 11.6 Å². The van der Waals surface area contributed by atoms with Crippen LogP contribution in [-0.4, -0.2) is 36.4 Å². The van der Waals surface area contributed by atoms with E-state index < -0.39 is 0 Å². The van der Waals surface area contributed by atoms with Crippen molar-refractivity contribution >= 4 is 28.9 Å². The molecule has 4 aromatic heterocycles. The minimum Gasteiger partial charge on any atom is -0.416 e. The number of nitrogens with zero attached hydrogens (tertiary/aromatic N) is 5. The Kier molecular flexibility index (Phi) is 5.37. The van der Waals surface area contributed by atoms with Gasteiger partial charge in [0, 0.05) is 28.4 Å². The lowest BCUT2D eigenvalue weighted by Crippen LogP contribution is -2.05. The molecule has 0 aliphatic carbocycles. The summed E-state index contributed by atoms with van der Waals surface area (Å²) in [7, 11) is 0. The lowest BCUT2D eigenvalue weighted by atomic mass is 10.2. The molecule has 0 fully saturated rings. The van der Waals surface area contributed by atoms with Crippen LogP contribution >= 0.6 is 23.1 Å². The molecule has 0 bridgehead atoms. The topological polar surface area (TPSA) is 99.8 Å². The Morgan fingerprint density at radius 3 is 2.72 bits per heavy atom. The van der Waals surface area contributed by atoms with E-state index in [0.29, 0.717) is 28.9 Å². The van der Waals surface area contributed by atoms with Crippen molar-refractivity contribution < 1.29 is 13.7 Å². The molecular formula is C19H19N5O3S2. The summed E-state index contributed by atoms with van der Waals surface area (Å²) in [6.07, 6.45) is 0.490. The van der Waals surface area contributed by atoms with Crippen molar-refractivity contribution in [2.24, 2.45) is 0 Å². The van der Waals surface area contributed by atoms with Crippen LogP contribution in [0.1, 0.15) is 44.1 Å². The number of thiazole rings is 1. The maximum atomic E-state index is 12.8. The van der Waals surface area contributed by atoms with E-state index in [1.165, 1.54) is 11.8 Å². The maximum Gasteiger partial charge on any atom is 0.277 e. The van der Waals surface area contributed by atoms with Crippen LogP contribution in [0, 0.1) is 27.7 Å². The van der Waals surface area contributed by atoms with E-state index in [0.717, 1.165) is 27.8 Å². The molecule has 0 aliphatic rings. The first-order valence-corrected chi connectivity index (χ1v) is 10.8. The average molecular weight is 430 g/mol. The third-order valence-corrected chi connectivity index (χ3v) is 5.99. The minimum atomic E-state index is -0.00978. The summed E-state index contributed by atoms with van der Waals surface area (Å²) < 4.78 is 12.7. The van der Waals surface area contributed by atoms with E-state index in [9.17, 15) is 4.79 Å². The van der Waals surface area contributed by atoms with Crippen LogP contribution < -0.4 is 0 Å².